The lowest BCUT2D eigenvalue weighted by Crippen LogP contribution is -2.30. The Morgan fingerprint density at radius 1 is 0.355 bits per heavy atom. The van der Waals surface area contributed by atoms with Crippen LogP contribution in [0.4, 0.5) is 0 Å². The number of carbonyl (C=O) groups excluding carboxylic acids is 2. The Morgan fingerprint density at radius 2 is 0.677 bits per heavy atom. The van der Waals surface area contributed by atoms with Crippen molar-refractivity contribution in [2.24, 2.45) is 0 Å². The van der Waals surface area contributed by atoms with Crippen molar-refractivity contribution in [2.75, 3.05) is 19.8 Å². The smallest absolute Gasteiger partial charge is 0.306 e. The van der Waals surface area contributed by atoms with Gasteiger partial charge in [0.1, 0.15) is 6.61 Å². The van der Waals surface area contributed by atoms with E-state index in [4.69, 9.17) is 14.2 Å². The van der Waals surface area contributed by atoms with E-state index in [1.165, 1.54) is 141 Å². The normalized spacial score (nSPS) is 12.8. The third-order valence-corrected chi connectivity index (χ3v) is 11.2. The van der Waals surface area contributed by atoms with Gasteiger partial charge in [-0.15, -0.1) is 0 Å². The van der Waals surface area contributed by atoms with Gasteiger partial charge in [0.25, 0.3) is 0 Å². The number of hydrogen-bond acceptors (Lipinski definition) is 5. The summed E-state index contributed by atoms with van der Waals surface area (Å²) in [6.07, 6.45) is 67.7. The van der Waals surface area contributed by atoms with E-state index in [0.717, 1.165) is 77.0 Å². The average molecular weight is 865 g/mol. The number of hydrogen-bond donors (Lipinski definition) is 0. The van der Waals surface area contributed by atoms with Crippen molar-refractivity contribution >= 4 is 11.9 Å². The second-order valence-electron chi connectivity index (χ2n) is 17.4. The van der Waals surface area contributed by atoms with Crippen LogP contribution >= 0.6 is 0 Å². The zero-order valence-electron chi connectivity index (χ0n) is 41.1. The molecule has 0 aliphatic rings. The topological polar surface area (TPSA) is 61.8 Å². The summed E-state index contributed by atoms with van der Waals surface area (Å²) < 4.78 is 17.4. The maximum atomic E-state index is 12.8. The van der Waals surface area contributed by atoms with Gasteiger partial charge in [-0.3, -0.25) is 9.59 Å². The molecule has 0 aliphatic heterocycles. The summed E-state index contributed by atoms with van der Waals surface area (Å²) in [6.45, 7) is 7.71. The van der Waals surface area contributed by atoms with Crippen molar-refractivity contribution in [2.45, 2.75) is 258 Å². The fourth-order valence-electron chi connectivity index (χ4n) is 7.23. The zero-order chi connectivity index (χ0) is 44.9. The number of allylic oxidation sites excluding steroid dienone is 12. The molecule has 5 nitrogen and oxygen atoms in total. The summed E-state index contributed by atoms with van der Waals surface area (Å²) in [5, 5.41) is 0. The van der Waals surface area contributed by atoms with Crippen molar-refractivity contribution in [1.82, 2.24) is 0 Å². The van der Waals surface area contributed by atoms with Crippen molar-refractivity contribution in [3.05, 3.63) is 72.9 Å². The molecule has 0 amide bonds. The first kappa shape index (κ1) is 59.3. The predicted molar refractivity (Wildman–Crippen MR) is 270 cm³/mol. The van der Waals surface area contributed by atoms with E-state index in [0.29, 0.717) is 19.4 Å². The summed E-state index contributed by atoms with van der Waals surface area (Å²) in [5.74, 6) is -0.480. The molecular formula is C57H100O5. The lowest BCUT2D eigenvalue weighted by atomic mass is 10.0. The quantitative estimate of drug-likeness (QED) is 0.0346. The van der Waals surface area contributed by atoms with Crippen LogP contribution in [0.3, 0.4) is 0 Å². The van der Waals surface area contributed by atoms with Crippen LogP contribution in [0.5, 0.6) is 0 Å². The van der Waals surface area contributed by atoms with Gasteiger partial charge in [-0.2, -0.15) is 0 Å². The van der Waals surface area contributed by atoms with Crippen LogP contribution in [0.15, 0.2) is 72.9 Å². The molecule has 0 heterocycles. The Labute approximate surface area is 385 Å². The van der Waals surface area contributed by atoms with Crippen LogP contribution < -0.4 is 0 Å². The fourth-order valence-corrected chi connectivity index (χ4v) is 7.23. The van der Waals surface area contributed by atoms with Crippen LogP contribution in [0, 0.1) is 0 Å². The minimum Gasteiger partial charge on any atom is -0.462 e. The van der Waals surface area contributed by atoms with Gasteiger partial charge in [-0.05, 0) is 96.3 Å². The number of rotatable bonds is 48. The van der Waals surface area contributed by atoms with Crippen molar-refractivity contribution in [1.29, 1.82) is 0 Å². The molecule has 0 saturated carbocycles. The molecule has 0 unspecified atom stereocenters. The molecule has 0 aliphatic carbocycles. The molecular weight excluding hydrogens is 765 g/mol. The summed E-state index contributed by atoms with van der Waals surface area (Å²) >= 11 is 0. The van der Waals surface area contributed by atoms with Crippen molar-refractivity contribution < 1.29 is 23.8 Å². The Morgan fingerprint density at radius 3 is 1.08 bits per heavy atom. The van der Waals surface area contributed by atoms with Gasteiger partial charge in [0.05, 0.1) is 6.61 Å². The van der Waals surface area contributed by atoms with Crippen molar-refractivity contribution in [3.63, 3.8) is 0 Å². The van der Waals surface area contributed by atoms with Gasteiger partial charge in [-0.1, -0.05) is 216 Å². The second-order valence-corrected chi connectivity index (χ2v) is 17.4. The Hall–Kier alpha value is -2.66. The molecule has 0 saturated heterocycles. The molecule has 0 fully saturated rings. The SMILES string of the molecule is CCCCC/C=C\C/C=C\C/C=C\CCCCC(=O)OC[C@@H](COCCCCCCCCCCCCCCCCCC)OC(=O)CCCC/C=C\C/C=C\C/C=C\CCCCC. The summed E-state index contributed by atoms with van der Waals surface area (Å²) in [7, 11) is 0. The Kier molecular flexibility index (Phi) is 50.4. The molecule has 0 bridgehead atoms. The molecule has 5 heteroatoms. The molecule has 62 heavy (non-hydrogen) atoms. The van der Waals surface area contributed by atoms with E-state index in [2.05, 4.69) is 93.7 Å². The lowest BCUT2D eigenvalue weighted by Gasteiger charge is -2.18. The Balaban J connectivity index is 4.38. The molecule has 1 atom stereocenters. The zero-order valence-corrected chi connectivity index (χ0v) is 41.1. The molecule has 0 spiro atoms. The standard InChI is InChI=1S/C57H100O5/c1-4-7-10-13-16-19-22-25-28-31-34-37-40-43-46-49-52-60-53-55(62-57(59)51-48-45-42-39-36-33-30-27-24-21-18-15-12-9-6-3)54-61-56(58)50-47-44-41-38-35-32-29-26-23-20-17-14-11-8-5-2/h17-18,20-21,26-27,29-30,35-36,38-39,55H,4-16,19,22-25,28,31-34,37,40-54H2,1-3H3/b20-17-,21-18-,29-26-,30-27-,38-35-,39-36-/t55-/m1/s1. The van der Waals surface area contributed by atoms with Gasteiger partial charge < -0.3 is 14.2 Å². The molecule has 0 aromatic heterocycles. The van der Waals surface area contributed by atoms with E-state index in [9.17, 15) is 9.59 Å². The van der Waals surface area contributed by atoms with Gasteiger partial charge >= 0.3 is 11.9 Å². The first-order valence-electron chi connectivity index (χ1n) is 26.5. The molecule has 0 aromatic carbocycles. The first-order chi connectivity index (χ1) is 30.6. The molecule has 0 radical (unpaired) electrons. The van der Waals surface area contributed by atoms with Crippen LogP contribution in [0.25, 0.3) is 0 Å². The summed E-state index contributed by atoms with van der Waals surface area (Å²) in [4.78, 5) is 25.4. The number of esters is 2. The van der Waals surface area contributed by atoms with E-state index in [1.54, 1.807) is 0 Å². The molecule has 0 aromatic rings. The minimum absolute atomic E-state index is 0.0502. The van der Waals surface area contributed by atoms with Gasteiger partial charge in [0, 0.05) is 19.4 Å². The maximum absolute atomic E-state index is 12.8. The molecule has 0 N–H and O–H groups in total. The lowest BCUT2D eigenvalue weighted by molar-refractivity contribution is -0.163. The number of carbonyl (C=O) groups is 2. The van der Waals surface area contributed by atoms with E-state index < -0.39 is 6.10 Å². The second kappa shape index (κ2) is 52.7. The summed E-state index contributed by atoms with van der Waals surface area (Å²) in [6, 6.07) is 0. The highest BCUT2D eigenvalue weighted by molar-refractivity contribution is 5.70. The van der Waals surface area contributed by atoms with Gasteiger partial charge in [0.2, 0.25) is 0 Å². The largest absolute Gasteiger partial charge is 0.462 e. The van der Waals surface area contributed by atoms with Gasteiger partial charge in [-0.25, -0.2) is 0 Å². The molecule has 358 valence electrons. The van der Waals surface area contributed by atoms with E-state index in [-0.39, 0.29) is 25.2 Å². The number of ether oxygens (including phenoxy) is 3. The fraction of sp³-hybridized carbons (Fsp3) is 0.754. The highest BCUT2D eigenvalue weighted by Crippen LogP contribution is 2.14. The highest BCUT2D eigenvalue weighted by atomic mass is 16.6. The van der Waals surface area contributed by atoms with Crippen LogP contribution in [-0.2, 0) is 23.8 Å². The van der Waals surface area contributed by atoms with Crippen LogP contribution in [-0.4, -0.2) is 37.9 Å². The Bertz CT molecular complexity index is 1110. The predicted octanol–water partition coefficient (Wildman–Crippen LogP) is 17.9. The minimum atomic E-state index is -0.571. The van der Waals surface area contributed by atoms with Crippen LogP contribution in [0.2, 0.25) is 0 Å². The van der Waals surface area contributed by atoms with E-state index >= 15 is 0 Å². The maximum Gasteiger partial charge on any atom is 0.306 e. The first-order valence-corrected chi connectivity index (χ1v) is 26.5. The average Bonchev–Trinajstić information content (AvgIpc) is 3.27. The third-order valence-electron chi connectivity index (χ3n) is 11.2. The monoisotopic (exact) mass is 865 g/mol. The van der Waals surface area contributed by atoms with Crippen LogP contribution in [0.1, 0.15) is 252 Å². The third kappa shape index (κ3) is 50.0. The van der Waals surface area contributed by atoms with Gasteiger partial charge in [0.15, 0.2) is 6.10 Å². The highest BCUT2D eigenvalue weighted by Gasteiger charge is 2.17. The molecule has 0 rings (SSSR count). The van der Waals surface area contributed by atoms with E-state index in [1.807, 2.05) is 0 Å². The summed E-state index contributed by atoms with van der Waals surface area (Å²) in [5.41, 5.74) is 0. The number of unbranched alkanes of at least 4 members (excludes halogenated alkanes) is 25. The van der Waals surface area contributed by atoms with Crippen molar-refractivity contribution in [3.8, 4) is 0 Å².